The third-order valence-corrected chi connectivity index (χ3v) is 7.91. The molecule has 0 unspecified atom stereocenters. The molecule has 0 saturated carbocycles. The van der Waals surface area contributed by atoms with E-state index in [1.807, 2.05) is 44.2 Å². The number of para-hydroxylation sites is 1. The fourth-order valence-corrected chi connectivity index (χ4v) is 5.57. The number of hydrogen-bond donors (Lipinski definition) is 1. The van der Waals surface area contributed by atoms with E-state index in [1.165, 1.54) is 21.7 Å². The first-order valence-electron chi connectivity index (χ1n) is 12.7. The molecule has 1 N–H and O–H groups in total. The van der Waals surface area contributed by atoms with E-state index in [1.54, 1.807) is 30.5 Å². The van der Waals surface area contributed by atoms with E-state index in [9.17, 15) is 13.2 Å². The minimum atomic E-state index is -3.53. The molecule has 0 radical (unpaired) electrons. The zero-order chi connectivity index (χ0) is 28.3. The van der Waals surface area contributed by atoms with Crippen molar-refractivity contribution >= 4 is 27.8 Å². The SMILES string of the molecule is Cc1ccc(CN(c2ccc(C(=O)N/N=C\c3cc(C)n(-c4c(C)cccc4C)c3C)cc2)S(C)(=O)=O)cc1. The maximum absolute atomic E-state index is 12.7. The molecule has 4 rings (SSSR count). The lowest BCUT2D eigenvalue weighted by molar-refractivity contribution is 0.0955. The number of benzene rings is 3. The van der Waals surface area contributed by atoms with Crippen molar-refractivity contribution in [2.75, 3.05) is 10.6 Å². The highest BCUT2D eigenvalue weighted by Gasteiger charge is 2.19. The first-order chi connectivity index (χ1) is 18.5. The average Bonchev–Trinajstić information content (AvgIpc) is 3.15. The monoisotopic (exact) mass is 542 g/mol. The lowest BCUT2D eigenvalue weighted by Gasteiger charge is -2.22. The highest BCUT2D eigenvalue weighted by Crippen LogP contribution is 2.25. The molecule has 0 bridgehead atoms. The normalized spacial score (nSPS) is 11.6. The summed E-state index contributed by atoms with van der Waals surface area (Å²) in [6, 6.07) is 22.5. The highest BCUT2D eigenvalue weighted by molar-refractivity contribution is 7.92. The number of anilines is 1. The smallest absolute Gasteiger partial charge is 0.271 e. The average molecular weight is 543 g/mol. The van der Waals surface area contributed by atoms with Crippen LogP contribution in [0.4, 0.5) is 5.69 Å². The van der Waals surface area contributed by atoms with E-state index in [4.69, 9.17) is 0 Å². The van der Waals surface area contributed by atoms with Gasteiger partial charge in [0, 0.05) is 22.5 Å². The number of hydrogen-bond acceptors (Lipinski definition) is 4. The zero-order valence-corrected chi connectivity index (χ0v) is 24.0. The minimum Gasteiger partial charge on any atom is -0.317 e. The van der Waals surface area contributed by atoms with Gasteiger partial charge < -0.3 is 4.57 Å². The van der Waals surface area contributed by atoms with Gasteiger partial charge in [-0.05, 0) is 81.6 Å². The molecule has 4 aromatic rings. The number of nitrogens with zero attached hydrogens (tertiary/aromatic N) is 3. The Bertz CT molecular complexity index is 1610. The molecule has 0 fully saturated rings. The predicted octanol–water partition coefficient (Wildman–Crippen LogP) is 5.75. The van der Waals surface area contributed by atoms with E-state index in [-0.39, 0.29) is 12.5 Å². The van der Waals surface area contributed by atoms with Crippen LogP contribution < -0.4 is 9.73 Å². The van der Waals surface area contributed by atoms with Gasteiger partial charge in [0.25, 0.3) is 5.91 Å². The van der Waals surface area contributed by atoms with Crippen LogP contribution in [0.3, 0.4) is 0 Å². The van der Waals surface area contributed by atoms with Gasteiger partial charge in [-0.3, -0.25) is 9.10 Å². The van der Waals surface area contributed by atoms with E-state index >= 15 is 0 Å². The quantitative estimate of drug-likeness (QED) is 0.227. The second-order valence-corrected chi connectivity index (χ2v) is 11.8. The van der Waals surface area contributed by atoms with Gasteiger partial charge in [-0.1, -0.05) is 48.0 Å². The Morgan fingerprint density at radius 2 is 1.54 bits per heavy atom. The topological polar surface area (TPSA) is 83.8 Å². The Hall–Kier alpha value is -4.17. The number of aromatic nitrogens is 1. The van der Waals surface area contributed by atoms with Crippen molar-refractivity contribution in [3.05, 3.63) is 118 Å². The molecular formula is C31H34N4O3S. The largest absolute Gasteiger partial charge is 0.317 e. The van der Waals surface area contributed by atoms with E-state index < -0.39 is 10.0 Å². The van der Waals surface area contributed by atoms with E-state index in [0.29, 0.717) is 11.3 Å². The van der Waals surface area contributed by atoms with Crippen LogP contribution >= 0.6 is 0 Å². The molecule has 0 atom stereocenters. The maximum atomic E-state index is 12.7. The highest BCUT2D eigenvalue weighted by atomic mass is 32.2. The minimum absolute atomic E-state index is 0.204. The molecule has 0 aliphatic rings. The van der Waals surface area contributed by atoms with Crippen LogP contribution in [0.5, 0.6) is 0 Å². The van der Waals surface area contributed by atoms with Crippen LogP contribution in [0.1, 0.15) is 49.6 Å². The number of carbonyl (C=O) groups is 1. The van der Waals surface area contributed by atoms with Gasteiger partial charge in [0.1, 0.15) is 0 Å². The maximum Gasteiger partial charge on any atom is 0.271 e. The van der Waals surface area contributed by atoms with E-state index in [0.717, 1.165) is 33.8 Å². The van der Waals surface area contributed by atoms with Crippen molar-refractivity contribution in [3.63, 3.8) is 0 Å². The molecule has 7 nitrogen and oxygen atoms in total. The summed E-state index contributed by atoms with van der Waals surface area (Å²) < 4.78 is 28.5. The Labute approximate surface area is 230 Å². The van der Waals surface area contributed by atoms with Crippen LogP contribution in [0.2, 0.25) is 0 Å². The van der Waals surface area contributed by atoms with Crippen LogP contribution in [0.15, 0.2) is 77.9 Å². The fraction of sp³-hybridized carbons (Fsp3) is 0.226. The van der Waals surface area contributed by atoms with Gasteiger partial charge in [0.05, 0.1) is 30.4 Å². The second kappa shape index (κ2) is 11.3. The summed E-state index contributed by atoms with van der Waals surface area (Å²) in [6.07, 6.45) is 2.82. The first-order valence-corrected chi connectivity index (χ1v) is 14.5. The van der Waals surface area contributed by atoms with Crippen molar-refractivity contribution in [1.82, 2.24) is 9.99 Å². The van der Waals surface area contributed by atoms with Gasteiger partial charge in [-0.25, -0.2) is 13.8 Å². The van der Waals surface area contributed by atoms with Gasteiger partial charge >= 0.3 is 0 Å². The second-order valence-electron chi connectivity index (χ2n) is 9.90. The zero-order valence-electron chi connectivity index (χ0n) is 23.2. The Balaban J connectivity index is 1.48. The molecule has 3 aromatic carbocycles. The molecule has 0 aliphatic heterocycles. The summed E-state index contributed by atoms with van der Waals surface area (Å²) in [4.78, 5) is 12.7. The van der Waals surface area contributed by atoms with Crippen LogP contribution in [0.25, 0.3) is 5.69 Å². The van der Waals surface area contributed by atoms with Gasteiger partial charge in [0.2, 0.25) is 10.0 Å². The number of carbonyl (C=O) groups excluding carboxylic acids is 1. The van der Waals surface area contributed by atoms with Crippen LogP contribution in [-0.4, -0.2) is 31.4 Å². The van der Waals surface area contributed by atoms with Crippen molar-refractivity contribution in [2.45, 2.75) is 41.2 Å². The lowest BCUT2D eigenvalue weighted by atomic mass is 10.1. The molecule has 1 aromatic heterocycles. The van der Waals surface area contributed by atoms with Crippen LogP contribution in [0, 0.1) is 34.6 Å². The number of rotatable bonds is 8. The fourth-order valence-electron chi connectivity index (χ4n) is 4.68. The van der Waals surface area contributed by atoms with Crippen molar-refractivity contribution in [2.24, 2.45) is 5.10 Å². The number of nitrogens with one attached hydrogen (secondary N) is 1. The summed E-state index contributed by atoms with van der Waals surface area (Å²) in [7, 11) is -3.53. The summed E-state index contributed by atoms with van der Waals surface area (Å²) in [6.45, 7) is 10.5. The van der Waals surface area contributed by atoms with Gasteiger partial charge in [0.15, 0.2) is 0 Å². The number of sulfonamides is 1. The first kappa shape index (κ1) is 27.9. The lowest BCUT2D eigenvalue weighted by Crippen LogP contribution is -2.29. The summed E-state index contributed by atoms with van der Waals surface area (Å²) in [5, 5.41) is 4.19. The van der Waals surface area contributed by atoms with Gasteiger partial charge in [-0.2, -0.15) is 5.10 Å². The number of aryl methyl sites for hydroxylation is 4. The predicted molar refractivity (Wildman–Crippen MR) is 158 cm³/mol. The standard InChI is InChI=1S/C31H34N4O3S/c1-21-10-12-26(13-11-21)20-34(39(6,37)38)29-16-14-27(15-17-29)31(36)33-32-19-28-18-24(4)35(25(28)5)30-22(2)8-7-9-23(30)3/h7-19H,20H2,1-6H3,(H,33,36)/b32-19-. The van der Waals surface area contributed by atoms with Crippen molar-refractivity contribution in [1.29, 1.82) is 0 Å². The number of amides is 1. The molecule has 0 spiro atoms. The molecule has 1 amide bonds. The van der Waals surface area contributed by atoms with Crippen LogP contribution in [-0.2, 0) is 16.6 Å². The van der Waals surface area contributed by atoms with Crippen molar-refractivity contribution < 1.29 is 13.2 Å². The third kappa shape index (κ3) is 6.29. The number of hydrazone groups is 1. The van der Waals surface area contributed by atoms with Gasteiger partial charge in [-0.15, -0.1) is 0 Å². The summed E-state index contributed by atoms with van der Waals surface area (Å²) in [5.41, 5.74) is 12.0. The summed E-state index contributed by atoms with van der Waals surface area (Å²) >= 11 is 0. The molecule has 8 heteroatoms. The molecule has 0 aliphatic carbocycles. The molecule has 1 heterocycles. The summed E-state index contributed by atoms with van der Waals surface area (Å²) in [5.74, 6) is -0.384. The molecule has 0 saturated heterocycles. The van der Waals surface area contributed by atoms with E-state index in [2.05, 4.69) is 54.1 Å². The Morgan fingerprint density at radius 3 is 2.13 bits per heavy atom. The molecule has 202 valence electrons. The third-order valence-electron chi connectivity index (χ3n) is 6.77. The molecule has 39 heavy (non-hydrogen) atoms. The Morgan fingerprint density at radius 1 is 0.923 bits per heavy atom. The van der Waals surface area contributed by atoms with Crippen molar-refractivity contribution in [3.8, 4) is 5.69 Å². The molecular weight excluding hydrogens is 508 g/mol. The Kier molecular flexibility index (Phi) is 8.06.